The number of carbonyl (C=O) groups excluding carboxylic acids is 1. The van der Waals surface area contributed by atoms with E-state index >= 15 is 0 Å². The van der Waals surface area contributed by atoms with Crippen LogP contribution in [-0.2, 0) is 17.1 Å². The van der Waals surface area contributed by atoms with Crippen molar-refractivity contribution in [2.45, 2.75) is 50.6 Å². The number of aromatic nitrogens is 3. The quantitative estimate of drug-likeness (QED) is 0.248. The number of fused-ring (bicyclic) bond motifs is 1. The number of thiazole rings is 1. The Hall–Kier alpha value is -1.71. The molecular formula is C20H23BrN4O2S2. The summed E-state index contributed by atoms with van der Waals surface area (Å²) in [5.74, 6) is 0.537. The maximum absolute atomic E-state index is 13.1. The Bertz CT molecular complexity index is 1080. The molecule has 3 rings (SSSR count). The molecule has 1 amide bonds. The van der Waals surface area contributed by atoms with Crippen LogP contribution >= 0.6 is 39.0 Å². The summed E-state index contributed by atoms with van der Waals surface area (Å²) in [4.78, 5) is 35.5. The van der Waals surface area contributed by atoms with Gasteiger partial charge >= 0.3 is 0 Å². The summed E-state index contributed by atoms with van der Waals surface area (Å²) in [7, 11) is 1.71. The lowest BCUT2D eigenvalue weighted by atomic mass is 10.2. The van der Waals surface area contributed by atoms with E-state index < -0.39 is 0 Å². The second-order valence-electron chi connectivity index (χ2n) is 6.71. The van der Waals surface area contributed by atoms with E-state index in [1.165, 1.54) is 34.9 Å². The molecule has 29 heavy (non-hydrogen) atoms. The lowest BCUT2D eigenvalue weighted by Crippen LogP contribution is -2.23. The second-order valence-corrected chi connectivity index (χ2v) is 9.40. The zero-order chi connectivity index (χ0) is 21.0. The van der Waals surface area contributed by atoms with Crippen LogP contribution in [-0.4, -0.2) is 27.5 Å². The predicted octanol–water partition coefficient (Wildman–Crippen LogP) is 5.08. The monoisotopic (exact) mass is 494 g/mol. The SMILES string of the molecule is CCCCCn1c(SCc2csc(N(C)C(C)=O)n2)nc2ccc(Br)cc2c1=O. The maximum atomic E-state index is 13.1. The van der Waals surface area contributed by atoms with Gasteiger partial charge in [-0.05, 0) is 24.6 Å². The third kappa shape index (κ3) is 5.26. The van der Waals surface area contributed by atoms with Crippen molar-refractivity contribution in [3.8, 4) is 0 Å². The standard InChI is InChI=1S/C20H23BrN4O2S2/c1-4-5-6-9-25-18(27)16-10-14(21)7-8-17(16)23-20(25)29-12-15-11-28-19(22-15)24(3)13(2)26/h7-8,10-11H,4-6,9,12H2,1-3H3. The molecule has 2 heterocycles. The first-order chi connectivity index (χ1) is 13.9. The van der Waals surface area contributed by atoms with E-state index in [1.54, 1.807) is 11.6 Å². The first-order valence-corrected chi connectivity index (χ1v) is 12.1. The number of rotatable bonds is 8. The first-order valence-electron chi connectivity index (χ1n) is 9.42. The van der Waals surface area contributed by atoms with Gasteiger partial charge < -0.3 is 0 Å². The van der Waals surface area contributed by atoms with Crippen LogP contribution in [0.3, 0.4) is 0 Å². The lowest BCUT2D eigenvalue weighted by molar-refractivity contribution is -0.116. The average molecular weight is 495 g/mol. The normalized spacial score (nSPS) is 11.2. The molecule has 0 aliphatic carbocycles. The highest BCUT2D eigenvalue weighted by molar-refractivity contribution is 9.10. The van der Waals surface area contributed by atoms with Gasteiger partial charge in [-0.3, -0.25) is 19.1 Å². The van der Waals surface area contributed by atoms with E-state index in [4.69, 9.17) is 4.98 Å². The van der Waals surface area contributed by atoms with Crippen molar-refractivity contribution in [2.24, 2.45) is 0 Å². The van der Waals surface area contributed by atoms with Crippen molar-refractivity contribution < 1.29 is 4.79 Å². The number of hydrogen-bond acceptors (Lipinski definition) is 6. The molecule has 0 saturated heterocycles. The molecule has 0 aliphatic rings. The summed E-state index contributed by atoms with van der Waals surface area (Å²) in [5, 5.41) is 3.94. The zero-order valence-corrected chi connectivity index (χ0v) is 19.9. The van der Waals surface area contributed by atoms with Gasteiger partial charge in [-0.2, -0.15) is 0 Å². The molecule has 3 aromatic rings. The highest BCUT2D eigenvalue weighted by atomic mass is 79.9. The van der Waals surface area contributed by atoms with Crippen LogP contribution in [0.25, 0.3) is 10.9 Å². The van der Waals surface area contributed by atoms with Gasteiger partial charge in [0.05, 0.1) is 16.6 Å². The summed E-state index contributed by atoms with van der Waals surface area (Å²) in [6.07, 6.45) is 3.10. The molecule has 0 atom stereocenters. The van der Waals surface area contributed by atoms with E-state index in [0.29, 0.717) is 33.5 Å². The topological polar surface area (TPSA) is 68.1 Å². The highest BCUT2D eigenvalue weighted by Gasteiger charge is 2.14. The molecule has 9 heteroatoms. The van der Waals surface area contributed by atoms with Crippen LogP contribution in [0, 0.1) is 0 Å². The van der Waals surface area contributed by atoms with Crippen molar-refractivity contribution in [2.75, 3.05) is 11.9 Å². The number of amides is 1. The van der Waals surface area contributed by atoms with Crippen molar-refractivity contribution in [1.82, 2.24) is 14.5 Å². The van der Waals surface area contributed by atoms with Gasteiger partial charge in [0, 0.05) is 36.1 Å². The van der Waals surface area contributed by atoms with Crippen molar-refractivity contribution in [1.29, 1.82) is 0 Å². The van der Waals surface area contributed by atoms with Gasteiger partial charge in [0.2, 0.25) is 5.91 Å². The van der Waals surface area contributed by atoms with Crippen LogP contribution in [0.15, 0.2) is 38.0 Å². The van der Waals surface area contributed by atoms with Crippen LogP contribution in [0.5, 0.6) is 0 Å². The molecule has 0 fully saturated rings. The molecule has 0 N–H and O–H groups in total. The van der Waals surface area contributed by atoms with Crippen molar-refractivity contribution in [3.63, 3.8) is 0 Å². The smallest absolute Gasteiger partial charge is 0.262 e. The predicted molar refractivity (Wildman–Crippen MR) is 124 cm³/mol. The Balaban J connectivity index is 1.89. The summed E-state index contributed by atoms with van der Waals surface area (Å²) in [5.41, 5.74) is 1.56. The third-order valence-corrected chi connectivity index (χ3v) is 6.98. The Morgan fingerprint density at radius 3 is 2.83 bits per heavy atom. The van der Waals surface area contributed by atoms with Crippen molar-refractivity contribution >= 4 is 61.0 Å². The minimum Gasteiger partial charge on any atom is -0.292 e. The van der Waals surface area contributed by atoms with E-state index in [1.807, 2.05) is 23.6 Å². The van der Waals surface area contributed by atoms with E-state index in [-0.39, 0.29) is 11.5 Å². The van der Waals surface area contributed by atoms with Gasteiger partial charge in [-0.15, -0.1) is 11.3 Å². The Morgan fingerprint density at radius 2 is 2.10 bits per heavy atom. The molecule has 0 bridgehead atoms. The Morgan fingerprint density at radius 1 is 1.31 bits per heavy atom. The van der Waals surface area contributed by atoms with Crippen LogP contribution < -0.4 is 10.5 Å². The molecule has 0 aliphatic heterocycles. The Kier molecular flexibility index (Phi) is 7.48. The fraction of sp³-hybridized carbons (Fsp3) is 0.400. The van der Waals surface area contributed by atoms with Crippen LogP contribution in [0.4, 0.5) is 5.13 Å². The minimum atomic E-state index is -0.0503. The maximum Gasteiger partial charge on any atom is 0.262 e. The molecule has 0 unspecified atom stereocenters. The highest BCUT2D eigenvalue weighted by Crippen LogP contribution is 2.27. The Labute approximate surface area is 186 Å². The number of halogens is 1. The zero-order valence-electron chi connectivity index (χ0n) is 16.6. The lowest BCUT2D eigenvalue weighted by Gasteiger charge is -2.13. The molecule has 0 saturated carbocycles. The third-order valence-electron chi connectivity index (χ3n) is 4.51. The molecular weight excluding hydrogens is 472 g/mol. The largest absolute Gasteiger partial charge is 0.292 e. The van der Waals surface area contributed by atoms with Gasteiger partial charge in [-0.1, -0.05) is 47.5 Å². The summed E-state index contributed by atoms with van der Waals surface area (Å²) in [6.45, 7) is 4.31. The number of hydrogen-bond donors (Lipinski definition) is 0. The first kappa shape index (κ1) is 22.0. The van der Waals surface area contributed by atoms with E-state index in [9.17, 15) is 9.59 Å². The second kappa shape index (κ2) is 9.86. The average Bonchev–Trinajstić information content (AvgIpc) is 3.17. The van der Waals surface area contributed by atoms with Gasteiger partial charge in [0.1, 0.15) is 0 Å². The minimum absolute atomic E-state index is 0.00909. The molecule has 154 valence electrons. The molecule has 0 spiro atoms. The van der Waals surface area contributed by atoms with Gasteiger partial charge in [-0.25, -0.2) is 9.97 Å². The van der Waals surface area contributed by atoms with E-state index in [2.05, 4.69) is 27.8 Å². The number of anilines is 1. The molecule has 2 aromatic heterocycles. The number of carbonyl (C=O) groups is 1. The van der Waals surface area contributed by atoms with Crippen molar-refractivity contribution in [3.05, 3.63) is 44.1 Å². The fourth-order valence-corrected chi connectivity index (χ4v) is 5.01. The fourth-order valence-electron chi connectivity index (χ4n) is 2.79. The number of thioether (sulfide) groups is 1. The van der Waals surface area contributed by atoms with E-state index in [0.717, 1.165) is 29.4 Å². The summed E-state index contributed by atoms with van der Waals surface area (Å²) < 4.78 is 2.65. The van der Waals surface area contributed by atoms with Crippen LogP contribution in [0.1, 0.15) is 38.8 Å². The summed E-state index contributed by atoms with van der Waals surface area (Å²) in [6, 6.07) is 5.60. The number of nitrogens with zero attached hydrogens (tertiary/aromatic N) is 4. The van der Waals surface area contributed by atoms with Crippen LogP contribution in [0.2, 0.25) is 0 Å². The molecule has 1 aromatic carbocycles. The number of benzene rings is 1. The molecule has 0 radical (unpaired) electrons. The van der Waals surface area contributed by atoms with Gasteiger partial charge in [0.25, 0.3) is 5.56 Å². The number of unbranched alkanes of at least 4 members (excludes halogenated alkanes) is 2. The summed E-state index contributed by atoms with van der Waals surface area (Å²) >= 11 is 6.38. The van der Waals surface area contributed by atoms with Gasteiger partial charge in [0.15, 0.2) is 10.3 Å². The molecule has 6 nitrogen and oxygen atoms in total.